The van der Waals surface area contributed by atoms with E-state index in [0.29, 0.717) is 17.7 Å². The Balaban J connectivity index is 1.46. The van der Waals surface area contributed by atoms with Crippen LogP contribution in [0.4, 0.5) is 0 Å². The van der Waals surface area contributed by atoms with Gasteiger partial charge in [0.15, 0.2) is 0 Å². The Morgan fingerprint density at radius 2 is 1.95 bits per heavy atom. The average molecular weight is 348 g/mol. The number of rotatable bonds is 2. The highest BCUT2D eigenvalue weighted by Crippen LogP contribution is 2.60. The van der Waals surface area contributed by atoms with Gasteiger partial charge in [-0.2, -0.15) is 0 Å². The van der Waals surface area contributed by atoms with Crippen LogP contribution in [0.5, 0.6) is 0 Å². The molecule has 0 N–H and O–H groups in total. The van der Waals surface area contributed by atoms with Crippen LogP contribution >= 0.6 is 15.9 Å². The van der Waals surface area contributed by atoms with Crippen molar-refractivity contribution in [2.75, 3.05) is 18.4 Å². The zero-order valence-corrected chi connectivity index (χ0v) is 13.9. The first kappa shape index (κ1) is 13.8. The molecule has 2 nitrogen and oxygen atoms in total. The Kier molecular flexibility index (Phi) is 3.56. The minimum absolute atomic E-state index is 0.286. The van der Waals surface area contributed by atoms with Gasteiger partial charge in [-0.25, -0.2) is 0 Å². The third kappa shape index (κ3) is 2.34. The predicted molar refractivity (Wildman–Crippen MR) is 87.6 cm³/mol. The monoisotopic (exact) mass is 347 g/mol. The number of hydrogen-bond donors (Lipinski definition) is 0. The molecule has 1 aromatic carbocycles. The van der Waals surface area contributed by atoms with Gasteiger partial charge in [-0.1, -0.05) is 40.2 Å². The van der Waals surface area contributed by atoms with Gasteiger partial charge < -0.3 is 4.90 Å². The third-order valence-corrected chi connectivity index (χ3v) is 6.68. The molecule has 3 unspecified atom stereocenters. The van der Waals surface area contributed by atoms with Gasteiger partial charge in [0.1, 0.15) is 0 Å². The lowest BCUT2D eigenvalue weighted by Crippen LogP contribution is -2.40. The van der Waals surface area contributed by atoms with Gasteiger partial charge in [0.2, 0.25) is 5.91 Å². The van der Waals surface area contributed by atoms with Crippen molar-refractivity contribution in [1.29, 1.82) is 0 Å². The second kappa shape index (κ2) is 5.42. The first-order valence-electron chi connectivity index (χ1n) is 8.22. The van der Waals surface area contributed by atoms with Gasteiger partial charge in [-0.05, 0) is 54.6 Å². The van der Waals surface area contributed by atoms with Gasteiger partial charge >= 0.3 is 0 Å². The lowest BCUT2D eigenvalue weighted by molar-refractivity contribution is -0.134. The van der Waals surface area contributed by atoms with Crippen LogP contribution in [0.25, 0.3) is 0 Å². The second-order valence-corrected chi connectivity index (χ2v) is 7.52. The molecule has 0 bridgehead atoms. The van der Waals surface area contributed by atoms with Gasteiger partial charge in [-0.3, -0.25) is 4.79 Å². The number of halogens is 1. The van der Waals surface area contributed by atoms with Gasteiger partial charge in [0.05, 0.1) is 0 Å². The summed E-state index contributed by atoms with van der Waals surface area (Å²) in [6.45, 7) is 1.93. The first-order valence-corrected chi connectivity index (χ1v) is 9.34. The van der Waals surface area contributed by atoms with Crippen LogP contribution in [-0.2, 0) is 11.2 Å². The van der Waals surface area contributed by atoms with E-state index < -0.39 is 0 Å². The SMILES string of the molecule is O=C(C1C2CCc3ccccc3C21)N1CCC(CBr)CC1. The van der Waals surface area contributed by atoms with Crippen molar-refractivity contribution >= 4 is 21.8 Å². The van der Waals surface area contributed by atoms with E-state index in [0.717, 1.165) is 43.6 Å². The molecule has 1 amide bonds. The Hall–Kier alpha value is -0.830. The molecule has 112 valence electrons. The van der Waals surface area contributed by atoms with Crippen LogP contribution in [0.15, 0.2) is 24.3 Å². The van der Waals surface area contributed by atoms with Crippen molar-refractivity contribution in [3.05, 3.63) is 35.4 Å². The van der Waals surface area contributed by atoms with Crippen LogP contribution in [0.3, 0.4) is 0 Å². The van der Waals surface area contributed by atoms with Crippen LogP contribution in [0.2, 0.25) is 0 Å². The topological polar surface area (TPSA) is 20.3 Å². The summed E-state index contributed by atoms with van der Waals surface area (Å²) in [5, 5.41) is 1.08. The van der Waals surface area contributed by atoms with Crippen molar-refractivity contribution < 1.29 is 4.79 Å². The molecule has 1 heterocycles. The minimum Gasteiger partial charge on any atom is -0.342 e. The third-order valence-electron chi connectivity index (χ3n) is 5.76. The predicted octanol–water partition coefficient (Wildman–Crippen LogP) is 3.60. The van der Waals surface area contributed by atoms with Crippen molar-refractivity contribution in [2.45, 2.75) is 31.6 Å². The molecule has 21 heavy (non-hydrogen) atoms. The molecule has 3 aliphatic rings. The van der Waals surface area contributed by atoms with Crippen LogP contribution in [0, 0.1) is 17.8 Å². The minimum atomic E-state index is 0.286. The smallest absolute Gasteiger partial charge is 0.226 e. The normalized spacial score (nSPS) is 31.5. The fourth-order valence-electron chi connectivity index (χ4n) is 4.42. The number of carbonyl (C=O) groups excluding carboxylic acids is 1. The van der Waals surface area contributed by atoms with Gasteiger partial charge in [-0.15, -0.1) is 0 Å². The number of likely N-dealkylation sites (tertiary alicyclic amines) is 1. The summed E-state index contributed by atoms with van der Waals surface area (Å²) < 4.78 is 0. The summed E-state index contributed by atoms with van der Waals surface area (Å²) >= 11 is 3.57. The first-order chi connectivity index (χ1) is 10.3. The maximum absolute atomic E-state index is 12.8. The number of hydrogen-bond acceptors (Lipinski definition) is 1. The molecule has 0 spiro atoms. The molecule has 0 aromatic heterocycles. The molecular formula is C18H22BrNO. The van der Waals surface area contributed by atoms with E-state index in [1.165, 1.54) is 17.5 Å². The molecule has 2 fully saturated rings. The van der Waals surface area contributed by atoms with E-state index in [-0.39, 0.29) is 5.92 Å². The zero-order chi connectivity index (χ0) is 14.4. The molecule has 1 saturated heterocycles. The van der Waals surface area contributed by atoms with E-state index in [2.05, 4.69) is 45.1 Å². The maximum atomic E-state index is 12.8. The number of alkyl halides is 1. The number of amides is 1. The van der Waals surface area contributed by atoms with Crippen molar-refractivity contribution in [1.82, 2.24) is 4.90 Å². The molecule has 1 aliphatic heterocycles. The fourth-order valence-corrected chi connectivity index (χ4v) is 5.07. The lowest BCUT2D eigenvalue weighted by Gasteiger charge is -2.31. The standard InChI is InChI=1S/C18H22BrNO/c19-11-12-7-9-20(10-8-12)18(21)17-15-6-5-13-3-1-2-4-14(13)16(15)17/h1-4,12,15-17H,5-11H2. The number of piperidine rings is 1. The van der Waals surface area contributed by atoms with Crippen molar-refractivity contribution in [2.24, 2.45) is 17.8 Å². The quantitative estimate of drug-likeness (QED) is 0.748. The summed E-state index contributed by atoms with van der Waals surface area (Å²) in [6.07, 6.45) is 4.69. The Morgan fingerprint density at radius 3 is 2.71 bits per heavy atom. The number of benzene rings is 1. The van der Waals surface area contributed by atoms with Crippen LogP contribution < -0.4 is 0 Å². The van der Waals surface area contributed by atoms with Crippen LogP contribution in [-0.4, -0.2) is 29.2 Å². The summed E-state index contributed by atoms with van der Waals surface area (Å²) in [6, 6.07) is 8.75. The highest BCUT2D eigenvalue weighted by Gasteiger charge is 2.57. The zero-order valence-electron chi connectivity index (χ0n) is 12.3. The lowest BCUT2D eigenvalue weighted by atomic mass is 9.92. The van der Waals surface area contributed by atoms with Crippen molar-refractivity contribution in [3.63, 3.8) is 0 Å². The number of fused-ring (bicyclic) bond motifs is 3. The highest BCUT2D eigenvalue weighted by atomic mass is 79.9. The largest absolute Gasteiger partial charge is 0.342 e. The van der Waals surface area contributed by atoms with E-state index >= 15 is 0 Å². The Bertz CT molecular complexity index is 550. The highest BCUT2D eigenvalue weighted by molar-refractivity contribution is 9.09. The fraction of sp³-hybridized carbons (Fsp3) is 0.611. The second-order valence-electron chi connectivity index (χ2n) is 6.88. The molecule has 1 aromatic rings. The summed E-state index contributed by atoms with van der Waals surface area (Å²) in [7, 11) is 0. The number of carbonyl (C=O) groups is 1. The maximum Gasteiger partial charge on any atom is 0.226 e. The van der Waals surface area contributed by atoms with E-state index in [9.17, 15) is 4.79 Å². The average Bonchev–Trinajstić information content (AvgIpc) is 3.29. The number of nitrogens with zero attached hydrogens (tertiary/aromatic N) is 1. The summed E-state index contributed by atoms with van der Waals surface area (Å²) in [4.78, 5) is 15.0. The molecule has 4 rings (SSSR count). The molecule has 0 radical (unpaired) electrons. The summed E-state index contributed by atoms with van der Waals surface area (Å²) in [5.41, 5.74) is 2.94. The van der Waals surface area contributed by atoms with Gasteiger partial charge in [0.25, 0.3) is 0 Å². The summed E-state index contributed by atoms with van der Waals surface area (Å²) in [5.74, 6) is 2.64. The Labute approximate surface area is 135 Å². The van der Waals surface area contributed by atoms with Crippen LogP contribution in [0.1, 0.15) is 36.3 Å². The molecular weight excluding hydrogens is 326 g/mol. The van der Waals surface area contributed by atoms with E-state index in [1.54, 1.807) is 0 Å². The number of aryl methyl sites for hydroxylation is 1. The van der Waals surface area contributed by atoms with Crippen molar-refractivity contribution in [3.8, 4) is 0 Å². The molecule has 3 atom stereocenters. The van der Waals surface area contributed by atoms with Gasteiger partial charge in [0, 0.05) is 24.3 Å². The molecule has 3 heteroatoms. The van der Waals surface area contributed by atoms with E-state index in [4.69, 9.17) is 0 Å². The molecule has 2 aliphatic carbocycles. The molecule has 1 saturated carbocycles. The Morgan fingerprint density at radius 1 is 1.19 bits per heavy atom. The van der Waals surface area contributed by atoms with E-state index in [1.807, 2.05) is 0 Å².